The van der Waals surface area contributed by atoms with Crippen molar-refractivity contribution in [1.82, 2.24) is 5.32 Å². The Labute approximate surface area is 638 Å². The van der Waals surface area contributed by atoms with Crippen molar-refractivity contribution < 1.29 is 63.7 Å². The van der Waals surface area contributed by atoms with Gasteiger partial charge < -0.3 is 24.3 Å². The number of carbonyl (C=O) groups is 5. The summed E-state index contributed by atoms with van der Waals surface area (Å²) in [6.45, 7) is 20.9. The SMILES string of the molecule is C.C=C(CC1CCCC2=NCCCC21SOOc1ccccc1)O[Si](C)(C)C(C)(C)C.CC(=O)/C=C/CCCC(=O)C(CCCN=[N+]=[N-])S(=O)(=O)c1ccccc1.CC(=O)CC1CCCC(=O)C1(CCCN=[N+]=[N-])SOOc1ccccc1.O=C1CC2CCC(S(=O)(=O)c3ccccc3)C3(C1)NCCCC23. The molecular formula is C79H110N8O14S4Si. The van der Waals surface area contributed by atoms with E-state index in [1.807, 2.05) is 54.6 Å². The first-order chi connectivity index (χ1) is 50.2. The molecule has 4 saturated carbocycles. The van der Waals surface area contributed by atoms with Crippen LogP contribution in [0.3, 0.4) is 0 Å². The zero-order chi connectivity index (χ0) is 76.2. The molecule has 106 heavy (non-hydrogen) atoms. The van der Waals surface area contributed by atoms with E-state index < -0.39 is 48.8 Å². The van der Waals surface area contributed by atoms with Crippen molar-refractivity contribution in [2.75, 3.05) is 26.2 Å². The van der Waals surface area contributed by atoms with Gasteiger partial charge in [-0.1, -0.05) is 124 Å². The summed E-state index contributed by atoms with van der Waals surface area (Å²) >= 11 is 2.46. The van der Waals surface area contributed by atoms with Crippen LogP contribution in [-0.2, 0) is 56.7 Å². The summed E-state index contributed by atoms with van der Waals surface area (Å²) in [5.41, 5.74) is 17.5. The fourth-order valence-electron chi connectivity index (χ4n) is 15.3. The molecule has 9 unspecified atom stereocenters. The van der Waals surface area contributed by atoms with Gasteiger partial charge in [-0.2, -0.15) is 0 Å². The van der Waals surface area contributed by atoms with Gasteiger partial charge in [0.1, 0.15) is 21.6 Å². The number of para-hydroxylation sites is 2. The normalized spacial score (nSPS) is 23.6. The van der Waals surface area contributed by atoms with Gasteiger partial charge >= 0.3 is 0 Å². The van der Waals surface area contributed by atoms with E-state index in [0.717, 1.165) is 95.1 Å². The largest absolute Gasteiger partial charge is 0.547 e. The Bertz CT molecular complexity index is 3940. The maximum atomic E-state index is 13.3. The lowest BCUT2D eigenvalue weighted by atomic mass is 9.56. The average Bonchev–Trinajstić information content (AvgIpc) is 0.715. The second-order valence-corrected chi connectivity index (χ2v) is 40.7. The van der Waals surface area contributed by atoms with Crippen molar-refractivity contribution in [2.24, 2.45) is 38.9 Å². The fourth-order valence-corrected chi connectivity index (χ4v) is 22.5. The number of unbranched alkanes of at least 4 members (excludes halogenated alkanes) is 1. The molecule has 4 aliphatic carbocycles. The number of Topliss-reactive ketones (excluding diaryl/α,β-unsaturated/α-hetero) is 4. The molecule has 5 fully saturated rings. The van der Waals surface area contributed by atoms with Crippen LogP contribution in [0, 0.1) is 23.7 Å². The summed E-state index contributed by atoms with van der Waals surface area (Å²) in [6, 6.07) is 35.3. The fraction of sp³-hybridized carbons (Fsp3) is 0.570. The van der Waals surface area contributed by atoms with E-state index in [-0.39, 0.29) is 76.3 Å². The minimum atomic E-state index is -3.80. The zero-order valence-electron chi connectivity index (χ0n) is 61.9. The van der Waals surface area contributed by atoms with Crippen molar-refractivity contribution >= 4 is 86.7 Å². The van der Waals surface area contributed by atoms with E-state index in [2.05, 4.69) is 65.8 Å². The number of aliphatic imine (C=N–C) groups is 1. The number of hydrogen-bond acceptors (Lipinski definition) is 20. The van der Waals surface area contributed by atoms with Crippen LogP contribution in [0.5, 0.6) is 11.5 Å². The zero-order valence-corrected chi connectivity index (χ0v) is 66.2. The third kappa shape index (κ3) is 24.3. The number of carbonyl (C=O) groups excluding carboxylic acids is 5. The number of sulfone groups is 2. The van der Waals surface area contributed by atoms with Gasteiger partial charge in [0.2, 0.25) is 8.32 Å². The van der Waals surface area contributed by atoms with Gasteiger partial charge in [-0.05, 0) is 237 Å². The van der Waals surface area contributed by atoms with Crippen LogP contribution in [0.2, 0.25) is 18.1 Å². The third-order valence-electron chi connectivity index (χ3n) is 21.3. The molecule has 9 atom stereocenters. The smallest absolute Gasteiger partial charge is 0.250 e. The van der Waals surface area contributed by atoms with Gasteiger partial charge in [-0.15, -0.1) is 8.67 Å². The summed E-state index contributed by atoms with van der Waals surface area (Å²) in [4.78, 5) is 82.0. The van der Waals surface area contributed by atoms with Crippen LogP contribution >= 0.6 is 24.1 Å². The van der Waals surface area contributed by atoms with Gasteiger partial charge in [-0.25, -0.2) is 16.8 Å². The second-order valence-electron chi connectivity index (χ2n) is 29.6. The Morgan fingerprint density at radius 2 is 1.33 bits per heavy atom. The number of hydrogen-bond donors (Lipinski definition) is 1. The van der Waals surface area contributed by atoms with Crippen LogP contribution < -0.4 is 15.1 Å². The van der Waals surface area contributed by atoms with E-state index >= 15 is 0 Å². The highest BCUT2D eigenvalue weighted by Crippen LogP contribution is 2.54. The molecule has 4 aromatic rings. The van der Waals surface area contributed by atoms with Crippen molar-refractivity contribution in [1.29, 1.82) is 0 Å². The molecule has 10 rings (SSSR count). The maximum Gasteiger partial charge on any atom is 0.250 e. The lowest BCUT2D eigenvalue weighted by Gasteiger charge is -2.57. The number of fused-ring (bicyclic) bond motifs is 1. The number of nitrogens with zero attached hydrogens (tertiary/aromatic N) is 7. The first-order valence-electron chi connectivity index (χ1n) is 36.8. The van der Waals surface area contributed by atoms with Crippen molar-refractivity contribution in [2.45, 2.75) is 243 Å². The second kappa shape index (κ2) is 42.2. The molecule has 27 heteroatoms. The number of benzene rings is 4. The highest BCUT2D eigenvalue weighted by atomic mass is 32.2. The number of allylic oxidation sites excluding steroid dienone is 3. The molecule has 2 aliphatic heterocycles. The van der Waals surface area contributed by atoms with Gasteiger partial charge in [0, 0.05) is 79.2 Å². The van der Waals surface area contributed by atoms with Gasteiger partial charge in [-0.3, -0.25) is 24.2 Å². The van der Waals surface area contributed by atoms with Crippen molar-refractivity contribution in [3.63, 3.8) is 0 Å². The number of nitrogens with one attached hydrogen (secondary N) is 1. The predicted octanol–water partition coefficient (Wildman–Crippen LogP) is 18.9. The maximum absolute atomic E-state index is 13.3. The molecule has 0 aromatic heterocycles. The summed E-state index contributed by atoms with van der Waals surface area (Å²) in [5, 5.41) is 8.99. The van der Waals surface area contributed by atoms with Crippen molar-refractivity contribution in [3.05, 3.63) is 167 Å². The molecule has 578 valence electrons. The Balaban J connectivity index is 0.000000221. The molecule has 6 aliphatic rings. The molecular weight excluding hydrogens is 1440 g/mol. The Hall–Kier alpha value is -6.90. The van der Waals surface area contributed by atoms with E-state index in [4.69, 9.17) is 38.9 Å². The summed E-state index contributed by atoms with van der Waals surface area (Å²) in [7, 11) is -9.11. The average molecular weight is 1550 g/mol. The summed E-state index contributed by atoms with van der Waals surface area (Å²) in [5.74, 6) is 3.07. The first-order valence-corrected chi connectivity index (χ1v) is 44.3. The Morgan fingerprint density at radius 1 is 0.745 bits per heavy atom. The monoisotopic (exact) mass is 1550 g/mol. The summed E-state index contributed by atoms with van der Waals surface area (Å²) in [6.07, 6.45) is 19.0. The molecule has 0 radical (unpaired) electrons. The molecule has 1 N–H and O–H groups in total. The standard InChI is InChI=1S/C24H37NO3SSi.2C18H23N3O4S.C18H23NO3S.CH4/c1-19(27-30(5,6)23(2,3)4)18-20-12-10-15-22-24(20,16-11-17-25-22)29-28-26-21-13-8-7-9-14-21;1-14(22)13-15-7-5-10-17(23)18(15,11-6-12-20-21-19)26-25-24-16-8-3-2-4-9-16;1-15(22)9-4-2-7-12-17(23)18(13-8-14-20-21-19)26(24,25)16-10-5-3-6-11-16;20-14-11-13-8-9-17(18(12-14)16(13)7-4-10-19-18)23(21,22)15-5-2-1-3-6-15;/h7-9,13-14,20H,1,10-12,15-18H2,2-6H3;2-4,8-9,15H,5-7,10-13H2,1H3;3-6,9-11,18H,2,7-8,12-14H2,1H3;1-3,5-6,13,16-17,19H,4,7-12H2;1H4/b;;9-4+;;. The lowest BCUT2D eigenvalue weighted by Crippen LogP contribution is -2.70. The number of rotatable bonds is 32. The summed E-state index contributed by atoms with van der Waals surface area (Å²) < 4.78 is 68.9. The molecule has 2 heterocycles. The molecule has 4 aromatic carbocycles. The molecule has 0 spiro atoms. The highest BCUT2D eigenvalue weighted by Gasteiger charge is 2.60. The first kappa shape index (κ1) is 88.0. The van der Waals surface area contributed by atoms with Crippen LogP contribution in [0.1, 0.15) is 190 Å². The van der Waals surface area contributed by atoms with Crippen molar-refractivity contribution in [3.8, 4) is 11.5 Å². The minimum absolute atomic E-state index is 0. The minimum Gasteiger partial charge on any atom is -0.547 e. The topological polar surface area (TPSA) is 322 Å². The van der Waals surface area contributed by atoms with Crippen LogP contribution in [0.15, 0.2) is 171 Å². The third-order valence-corrected chi connectivity index (χ3v) is 32.7. The number of piperidine rings is 1. The van der Waals surface area contributed by atoms with E-state index in [1.165, 1.54) is 56.2 Å². The lowest BCUT2D eigenvalue weighted by molar-refractivity contribution is -0.130. The quantitative estimate of drug-likeness (QED) is 0.00453. The van der Waals surface area contributed by atoms with E-state index in [1.54, 1.807) is 60.7 Å². The number of ketones is 5. The molecule has 22 nitrogen and oxygen atoms in total. The predicted molar refractivity (Wildman–Crippen MR) is 423 cm³/mol. The van der Waals surface area contributed by atoms with Gasteiger partial charge in [0.15, 0.2) is 48.5 Å². The van der Waals surface area contributed by atoms with Crippen LogP contribution in [-0.4, -0.2) is 111 Å². The molecule has 2 bridgehead atoms. The highest BCUT2D eigenvalue weighted by molar-refractivity contribution is 7.97. The Kier molecular flexibility index (Phi) is 35.0. The van der Waals surface area contributed by atoms with Crippen LogP contribution in [0.4, 0.5) is 0 Å². The Morgan fingerprint density at radius 3 is 1.93 bits per heavy atom. The van der Waals surface area contributed by atoms with Crippen LogP contribution in [0.25, 0.3) is 20.9 Å². The van der Waals surface area contributed by atoms with E-state index in [9.17, 15) is 40.8 Å². The van der Waals surface area contributed by atoms with E-state index in [0.29, 0.717) is 105 Å². The molecule has 0 amide bonds. The van der Waals surface area contributed by atoms with Gasteiger partial charge in [0.05, 0.1) is 49.6 Å². The molecule has 1 saturated heterocycles. The van der Waals surface area contributed by atoms with Gasteiger partial charge in [0.25, 0.3) is 0 Å². The number of azide groups is 2.